The summed E-state index contributed by atoms with van der Waals surface area (Å²) >= 11 is 0. The number of anilines is 2. The molecule has 2 saturated carbocycles. The third kappa shape index (κ3) is 2.32. The molecule has 0 saturated heterocycles. The van der Waals surface area contributed by atoms with E-state index in [0.717, 1.165) is 30.6 Å². The quantitative estimate of drug-likeness (QED) is 0.737. The van der Waals surface area contributed by atoms with E-state index in [-0.39, 0.29) is 11.2 Å². The fraction of sp³-hybridized carbons (Fsp3) is 0.304. The highest BCUT2D eigenvalue weighted by atomic mass is 19.1. The Balaban J connectivity index is 1.39. The molecular formula is C23H20FN3O. The Labute approximate surface area is 162 Å². The highest BCUT2D eigenvalue weighted by molar-refractivity contribution is 5.73. The Bertz CT molecular complexity index is 1090. The molecule has 1 aliphatic heterocycles. The predicted molar refractivity (Wildman–Crippen MR) is 105 cm³/mol. The van der Waals surface area contributed by atoms with Crippen LogP contribution in [-0.2, 0) is 11.0 Å². The van der Waals surface area contributed by atoms with E-state index in [1.807, 2.05) is 6.07 Å². The van der Waals surface area contributed by atoms with Crippen molar-refractivity contribution >= 4 is 11.6 Å². The Morgan fingerprint density at radius 2 is 1.71 bits per heavy atom. The largest absolute Gasteiger partial charge is 0.385 e. The van der Waals surface area contributed by atoms with Crippen LogP contribution < -0.4 is 4.90 Å². The van der Waals surface area contributed by atoms with E-state index in [4.69, 9.17) is 0 Å². The monoisotopic (exact) mass is 373 g/mol. The Morgan fingerprint density at radius 1 is 0.964 bits per heavy atom. The molecule has 28 heavy (non-hydrogen) atoms. The van der Waals surface area contributed by atoms with Gasteiger partial charge in [-0.15, -0.1) is 0 Å². The van der Waals surface area contributed by atoms with Crippen LogP contribution in [0.2, 0.25) is 0 Å². The number of nitrogens with zero attached hydrogens (tertiary/aromatic N) is 3. The highest BCUT2D eigenvalue weighted by Gasteiger charge is 2.53. The molecule has 2 fully saturated rings. The molecule has 0 amide bonds. The van der Waals surface area contributed by atoms with Crippen LogP contribution in [0.25, 0.3) is 11.1 Å². The van der Waals surface area contributed by atoms with E-state index in [1.54, 1.807) is 24.5 Å². The molecule has 0 bridgehead atoms. The van der Waals surface area contributed by atoms with Crippen molar-refractivity contribution < 1.29 is 9.50 Å². The molecule has 1 spiro atoms. The average Bonchev–Trinajstić information content (AvgIpc) is 3.63. The van der Waals surface area contributed by atoms with Crippen molar-refractivity contribution in [1.29, 1.82) is 0 Å². The first-order valence-electron chi connectivity index (χ1n) is 9.80. The molecule has 2 heterocycles. The van der Waals surface area contributed by atoms with Gasteiger partial charge in [0.25, 0.3) is 0 Å². The standard InChI is InChI=1S/C23H20FN3O/c24-19-4-2-1-3-17(19)15-12-25-21(26-13-15)27-14-22(7-8-22)18-6-5-16(11-20(18)27)23(28)9-10-23/h1-6,11-13,28H,7-10,14H2. The molecule has 5 heteroatoms. The van der Waals surface area contributed by atoms with Gasteiger partial charge in [-0.05, 0) is 48.9 Å². The maximum absolute atomic E-state index is 14.1. The number of fused-ring (bicyclic) bond motifs is 2. The van der Waals surface area contributed by atoms with E-state index >= 15 is 0 Å². The Kier molecular flexibility index (Phi) is 3.11. The van der Waals surface area contributed by atoms with Gasteiger partial charge < -0.3 is 10.0 Å². The van der Waals surface area contributed by atoms with Crippen LogP contribution in [0.4, 0.5) is 16.0 Å². The normalized spacial score (nSPS) is 20.3. The zero-order chi connectivity index (χ0) is 18.9. The molecule has 1 N–H and O–H groups in total. The van der Waals surface area contributed by atoms with Gasteiger partial charge in [-0.2, -0.15) is 0 Å². The maximum Gasteiger partial charge on any atom is 0.229 e. The molecular weight excluding hydrogens is 353 g/mol. The first kappa shape index (κ1) is 16.2. The van der Waals surface area contributed by atoms with E-state index in [9.17, 15) is 9.50 Å². The SMILES string of the molecule is OC1(c2ccc3c(c2)N(c2ncc(-c4ccccc4F)cn2)CC32CC2)CC1. The number of benzene rings is 2. The molecule has 3 aromatic rings. The molecule has 2 aromatic carbocycles. The number of aliphatic hydroxyl groups is 1. The number of rotatable bonds is 3. The number of aromatic nitrogens is 2. The summed E-state index contributed by atoms with van der Waals surface area (Å²) in [6.07, 6.45) is 7.38. The summed E-state index contributed by atoms with van der Waals surface area (Å²) in [6.45, 7) is 0.864. The van der Waals surface area contributed by atoms with E-state index in [1.165, 1.54) is 24.5 Å². The second-order valence-electron chi connectivity index (χ2n) is 8.38. The second-order valence-corrected chi connectivity index (χ2v) is 8.38. The third-order valence-corrected chi connectivity index (χ3v) is 6.50. The van der Waals surface area contributed by atoms with Gasteiger partial charge in [0.2, 0.25) is 5.95 Å². The highest BCUT2D eigenvalue weighted by Crippen LogP contribution is 2.59. The van der Waals surface area contributed by atoms with Crippen molar-refractivity contribution in [3.63, 3.8) is 0 Å². The summed E-state index contributed by atoms with van der Waals surface area (Å²) in [4.78, 5) is 11.3. The van der Waals surface area contributed by atoms with Gasteiger partial charge in [-0.3, -0.25) is 0 Å². The molecule has 0 radical (unpaired) electrons. The average molecular weight is 373 g/mol. The van der Waals surface area contributed by atoms with Crippen LogP contribution in [0.1, 0.15) is 36.8 Å². The van der Waals surface area contributed by atoms with Crippen molar-refractivity contribution in [1.82, 2.24) is 9.97 Å². The maximum atomic E-state index is 14.1. The summed E-state index contributed by atoms with van der Waals surface area (Å²) in [7, 11) is 0. The molecule has 6 rings (SSSR count). The zero-order valence-electron chi connectivity index (χ0n) is 15.4. The zero-order valence-corrected chi connectivity index (χ0v) is 15.4. The topological polar surface area (TPSA) is 49.2 Å². The first-order valence-corrected chi connectivity index (χ1v) is 9.80. The van der Waals surface area contributed by atoms with Gasteiger partial charge in [0, 0.05) is 41.2 Å². The van der Waals surface area contributed by atoms with Crippen LogP contribution in [0.5, 0.6) is 0 Å². The number of hydrogen-bond donors (Lipinski definition) is 1. The minimum atomic E-state index is -0.657. The van der Waals surface area contributed by atoms with Crippen LogP contribution >= 0.6 is 0 Å². The van der Waals surface area contributed by atoms with Gasteiger partial charge in [0.15, 0.2) is 0 Å². The van der Waals surface area contributed by atoms with Gasteiger partial charge in [0.05, 0.1) is 5.60 Å². The molecule has 2 aliphatic carbocycles. The van der Waals surface area contributed by atoms with Gasteiger partial charge in [-0.1, -0.05) is 30.3 Å². The van der Waals surface area contributed by atoms with Crippen molar-refractivity contribution in [3.05, 3.63) is 71.8 Å². The molecule has 140 valence electrons. The van der Waals surface area contributed by atoms with Gasteiger partial charge in [-0.25, -0.2) is 14.4 Å². The third-order valence-electron chi connectivity index (χ3n) is 6.50. The van der Waals surface area contributed by atoms with E-state index < -0.39 is 5.60 Å². The smallest absolute Gasteiger partial charge is 0.229 e. The van der Waals surface area contributed by atoms with E-state index in [2.05, 4.69) is 33.1 Å². The lowest BCUT2D eigenvalue weighted by Crippen LogP contribution is -2.21. The summed E-state index contributed by atoms with van der Waals surface area (Å²) in [5.41, 5.74) is 4.15. The Morgan fingerprint density at radius 3 is 2.39 bits per heavy atom. The molecule has 1 aromatic heterocycles. The van der Waals surface area contributed by atoms with Crippen LogP contribution in [0, 0.1) is 5.82 Å². The molecule has 4 nitrogen and oxygen atoms in total. The minimum Gasteiger partial charge on any atom is -0.385 e. The fourth-order valence-corrected chi connectivity index (χ4v) is 4.42. The summed E-state index contributed by atoms with van der Waals surface area (Å²) in [6, 6.07) is 13.0. The van der Waals surface area contributed by atoms with Crippen LogP contribution in [0.15, 0.2) is 54.9 Å². The predicted octanol–water partition coefficient (Wildman–Crippen LogP) is 4.45. The summed E-state index contributed by atoms with van der Waals surface area (Å²) < 4.78 is 14.1. The minimum absolute atomic E-state index is 0.202. The summed E-state index contributed by atoms with van der Waals surface area (Å²) in [5.74, 6) is 0.356. The van der Waals surface area contributed by atoms with Crippen LogP contribution in [0.3, 0.4) is 0 Å². The lowest BCUT2D eigenvalue weighted by atomic mass is 9.96. The summed E-state index contributed by atoms with van der Waals surface area (Å²) in [5, 5.41) is 10.5. The fourth-order valence-electron chi connectivity index (χ4n) is 4.42. The lowest BCUT2D eigenvalue weighted by Gasteiger charge is -2.19. The van der Waals surface area contributed by atoms with E-state index in [0.29, 0.717) is 17.1 Å². The Hall–Kier alpha value is -2.79. The van der Waals surface area contributed by atoms with Gasteiger partial charge >= 0.3 is 0 Å². The molecule has 0 atom stereocenters. The first-order chi connectivity index (χ1) is 13.6. The van der Waals surface area contributed by atoms with Gasteiger partial charge in [0.1, 0.15) is 5.82 Å². The molecule has 0 unspecified atom stereocenters. The van der Waals surface area contributed by atoms with Crippen molar-refractivity contribution in [2.75, 3.05) is 11.4 Å². The number of hydrogen-bond acceptors (Lipinski definition) is 4. The van der Waals surface area contributed by atoms with Crippen molar-refractivity contribution in [2.24, 2.45) is 0 Å². The van der Waals surface area contributed by atoms with Crippen LogP contribution in [-0.4, -0.2) is 21.6 Å². The lowest BCUT2D eigenvalue weighted by molar-refractivity contribution is 0.151. The number of halogens is 1. The second kappa shape index (κ2) is 5.39. The van der Waals surface area contributed by atoms with Crippen molar-refractivity contribution in [3.8, 4) is 11.1 Å². The van der Waals surface area contributed by atoms with Crippen molar-refractivity contribution in [2.45, 2.75) is 36.7 Å². The molecule has 3 aliphatic rings.